The van der Waals surface area contributed by atoms with Gasteiger partial charge in [-0.15, -0.1) is 0 Å². The molecule has 0 saturated carbocycles. The maximum absolute atomic E-state index is 11.2. The van der Waals surface area contributed by atoms with Crippen LogP contribution < -0.4 is 5.32 Å². The SMILES string of the molecule is CC(C)C(CNc1ccccc1C(=O)O)c1ccccc1. The third kappa shape index (κ3) is 3.85. The van der Waals surface area contributed by atoms with Crippen molar-refractivity contribution in [3.63, 3.8) is 0 Å². The molecule has 0 aromatic heterocycles. The van der Waals surface area contributed by atoms with Crippen molar-refractivity contribution in [1.82, 2.24) is 0 Å². The molecule has 1 unspecified atom stereocenters. The maximum Gasteiger partial charge on any atom is 0.337 e. The third-order valence-electron chi connectivity index (χ3n) is 3.70. The number of aromatic carboxylic acids is 1. The van der Waals surface area contributed by atoms with E-state index in [1.807, 2.05) is 30.3 Å². The molecule has 0 amide bonds. The largest absolute Gasteiger partial charge is 0.478 e. The normalized spacial score (nSPS) is 12.1. The van der Waals surface area contributed by atoms with Gasteiger partial charge < -0.3 is 10.4 Å². The molecule has 2 aromatic carbocycles. The van der Waals surface area contributed by atoms with Gasteiger partial charge in [0.05, 0.1) is 5.56 Å². The lowest BCUT2D eigenvalue weighted by molar-refractivity contribution is 0.0698. The molecular formula is C18H21NO2. The summed E-state index contributed by atoms with van der Waals surface area (Å²) in [6.45, 7) is 5.08. The minimum Gasteiger partial charge on any atom is -0.478 e. The first-order chi connectivity index (χ1) is 10.1. The Morgan fingerprint density at radius 2 is 1.67 bits per heavy atom. The van der Waals surface area contributed by atoms with E-state index in [4.69, 9.17) is 0 Å². The van der Waals surface area contributed by atoms with Gasteiger partial charge in [0.1, 0.15) is 0 Å². The van der Waals surface area contributed by atoms with Crippen LogP contribution in [0.4, 0.5) is 5.69 Å². The molecule has 0 spiro atoms. The highest BCUT2D eigenvalue weighted by Crippen LogP contribution is 2.25. The first-order valence-corrected chi connectivity index (χ1v) is 7.20. The van der Waals surface area contributed by atoms with Crippen LogP contribution in [-0.2, 0) is 0 Å². The van der Waals surface area contributed by atoms with Crippen LogP contribution in [0.5, 0.6) is 0 Å². The lowest BCUT2D eigenvalue weighted by Crippen LogP contribution is -2.19. The highest BCUT2D eigenvalue weighted by Gasteiger charge is 2.16. The summed E-state index contributed by atoms with van der Waals surface area (Å²) >= 11 is 0. The molecule has 0 aliphatic rings. The fourth-order valence-corrected chi connectivity index (χ4v) is 2.48. The topological polar surface area (TPSA) is 49.3 Å². The zero-order valence-corrected chi connectivity index (χ0v) is 12.4. The Kier molecular flexibility index (Phi) is 4.99. The van der Waals surface area contributed by atoms with Gasteiger partial charge >= 0.3 is 5.97 Å². The molecule has 0 bridgehead atoms. The number of rotatable bonds is 6. The van der Waals surface area contributed by atoms with Gasteiger partial charge in [-0.25, -0.2) is 4.79 Å². The van der Waals surface area contributed by atoms with Crippen LogP contribution in [0.3, 0.4) is 0 Å². The Bertz CT molecular complexity index is 593. The van der Waals surface area contributed by atoms with Gasteiger partial charge in [-0.05, 0) is 23.6 Å². The van der Waals surface area contributed by atoms with Crippen molar-refractivity contribution >= 4 is 11.7 Å². The number of anilines is 1. The molecular weight excluding hydrogens is 262 g/mol. The third-order valence-corrected chi connectivity index (χ3v) is 3.70. The van der Waals surface area contributed by atoms with Crippen LogP contribution in [0.2, 0.25) is 0 Å². The predicted octanol–water partition coefficient (Wildman–Crippen LogP) is 4.24. The number of nitrogens with one attached hydrogen (secondary N) is 1. The summed E-state index contributed by atoms with van der Waals surface area (Å²) < 4.78 is 0. The quantitative estimate of drug-likeness (QED) is 0.833. The first-order valence-electron chi connectivity index (χ1n) is 7.20. The van der Waals surface area contributed by atoms with Crippen LogP contribution in [0.25, 0.3) is 0 Å². The average molecular weight is 283 g/mol. The Balaban J connectivity index is 2.15. The van der Waals surface area contributed by atoms with Crippen molar-refractivity contribution in [3.8, 4) is 0 Å². The van der Waals surface area contributed by atoms with E-state index in [1.54, 1.807) is 12.1 Å². The average Bonchev–Trinajstić information content (AvgIpc) is 2.48. The molecule has 3 nitrogen and oxygen atoms in total. The van der Waals surface area contributed by atoms with E-state index in [2.05, 4.69) is 31.3 Å². The van der Waals surface area contributed by atoms with Gasteiger partial charge in [0.2, 0.25) is 0 Å². The van der Waals surface area contributed by atoms with Crippen LogP contribution in [0.1, 0.15) is 35.7 Å². The van der Waals surface area contributed by atoms with E-state index >= 15 is 0 Å². The van der Waals surface area contributed by atoms with E-state index < -0.39 is 5.97 Å². The fraction of sp³-hybridized carbons (Fsp3) is 0.278. The van der Waals surface area contributed by atoms with Gasteiger partial charge in [0.25, 0.3) is 0 Å². The summed E-state index contributed by atoms with van der Waals surface area (Å²) in [5.74, 6) is -0.0937. The minimum absolute atomic E-state index is 0.313. The number of hydrogen-bond acceptors (Lipinski definition) is 2. The van der Waals surface area contributed by atoms with Crippen molar-refractivity contribution in [3.05, 3.63) is 65.7 Å². The molecule has 2 aromatic rings. The van der Waals surface area contributed by atoms with Crippen molar-refractivity contribution in [2.24, 2.45) is 5.92 Å². The standard InChI is InChI=1S/C18H21NO2/c1-13(2)16(14-8-4-3-5-9-14)12-19-17-11-7-6-10-15(17)18(20)21/h3-11,13,16,19H,12H2,1-2H3,(H,20,21). The number of para-hydroxylation sites is 1. The van der Waals surface area contributed by atoms with E-state index in [9.17, 15) is 9.90 Å². The minimum atomic E-state index is -0.904. The zero-order chi connectivity index (χ0) is 15.2. The molecule has 0 fully saturated rings. The molecule has 0 saturated heterocycles. The smallest absolute Gasteiger partial charge is 0.337 e. The number of carboxylic acid groups (broad SMARTS) is 1. The van der Waals surface area contributed by atoms with Crippen LogP contribution in [0.15, 0.2) is 54.6 Å². The van der Waals surface area contributed by atoms with Gasteiger partial charge in [-0.1, -0.05) is 56.3 Å². The van der Waals surface area contributed by atoms with Crippen molar-refractivity contribution < 1.29 is 9.90 Å². The number of benzene rings is 2. The lowest BCUT2D eigenvalue weighted by atomic mass is 9.88. The second kappa shape index (κ2) is 6.93. The van der Waals surface area contributed by atoms with Gasteiger partial charge in [-0.3, -0.25) is 0 Å². The summed E-state index contributed by atoms with van der Waals surface area (Å²) in [5, 5.41) is 12.5. The highest BCUT2D eigenvalue weighted by molar-refractivity contribution is 5.94. The molecule has 0 heterocycles. The van der Waals surface area contributed by atoms with E-state index in [-0.39, 0.29) is 0 Å². The Labute approximate surface area is 125 Å². The zero-order valence-electron chi connectivity index (χ0n) is 12.4. The molecule has 3 heteroatoms. The summed E-state index contributed by atoms with van der Waals surface area (Å²) in [7, 11) is 0. The molecule has 0 aliphatic heterocycles. The summed E-state index contributed by atoms with van der Waals surface area (Å²) in [5.41, 5.74) is 2.26. The van der Waals surface area contributed by atoms with Crippen molar-refractivity contribution in [1.29, 1.82) is 0 Å². The van der Waals surface area contributed by atoms with Crippen LogP contribution >= 0.6 is 0 Å². The molecule has 2 N–H and O–H groups in total. The van der Waals surface area contributed by atoms with E-state index in [0.29, 0.717) is 29.6 Å². The van der Waals surface area contributed by atoms with Gasteiger partial charge in [0.15, 0.2) is 0 Å². The monoisotopic (exact) mass is 283 g/mol. The Hall–Kier alpha value is -2.29. The van der Waals surface area contributed by atoms with Crippen LogP contribution in [0, 0.1) is 5.92 Å². The molecule has 0 radical (unpaired) electrons. The number of carboxylic acids is 1. The van der Waals surface area contributed by atoms with Gasteiger partial charge in [0, 0.05) is 18.2 Å². The summed E-state index contributed by atoms with van der Waals surface area (Å²) in [6, 6.07) is 17.3. The van der Waals surface area contributed by atoms with E-state index in [1.165, 1.54) is 5.56 Å². The van der Waals surface area contributed by atoms with E-state index in [0.717, 1.165) is 0 Å². The molecule has 21 heavy (non-hydrogen) atoms. The Morgan fingerprint density at radius 1 is 1.05 bits per heavy atom. The molecule has 110 valence electrons. The first kappa shape index (κ1) is 15.1. The maximum atomic E-state index is 11.2. The Morgan fingerprint density at radius 3 is 2.29 bits per heavy atom. The number of hydrogen-bond donors (Lipinski definition) is 2. The lowest BCUT2D eigenvalue weighted by Gasteiger charge is -2.23. The highest BCUT2D eigenvalue weighted by atomic mass is 16.4. The second-order valence-corrected chi connectivity index (χ2v) is 5.49. The summed E-state index contributed by atoms with van der Waals surface area (Å²) in [6.07, 6.45) is 0. The fourth-order valence-electron chi connectivity index (χ4n) is 2.48. The molecule has 1 atom stereocenters. The van der Waals surface area contributed by atoms with Crippen molar-refractivity contribution in [2.45, 2.75) is 19.8 Å². The molecule has 0 aliphatic carbocycles. The predicted molar refractivity (Wildman–Crippen MR) is 85.9 cm³/mol. The number of carbonyl (C=O) groups is 1. The summed E-state index contributed by atoms with van der Waals surface area (Å²) in [4.78, 5) is 11.2. The molecule has 2 rings (SSSR count). The van der Waals surface area contributed by atoms with Crippen LogP contribution in [-0.4, -0.2) is 17.6 Å². The van der Waals surface area contributed by atoms with Gasteiger partial charge in [-0.2, -0.15) is 0 Å². The second-order valence-electron chi connectivity index (χ2n) is 5.49. The van der Waals surface area contributed by atoms with Crippen molar-refractivity contribution in [2.75, 3.05) is 11.9 Å².